The maximum Gasteiger partial charge on any atom is 0.257 e. The molecule has 0 radical (unpaired) electrons. The molecule has 1 aromatic carbocycles. The van der Waals surface area contributed by atoms with Crippen LogP contribution in [-0.4, -0.2) is 52.5 Å². The van der Waals surface area contributed by atoms with Gasteiger partial charge in [-0.25, -0.2) is 8.78 Å². The number of carbonyl (C=O) groups is 1. The highest BCUT2D eigenvalue weighted by atomic mass is 19.1. The van der Waals surface area contributed by atoms with E-state index in [0.29, 0.717) is 24.8 Å². The second-order valence-corrected chi connectivity index (χ2v) is 5.55. The zero-order chi connectivity index (χ0) is 16.6. The molecule has 8 heteroatoms. The number of halogens is 2. The van der Waals surface area contributed by atoms with Crippen LogP contribution in [0.2, 0.25) is 0 Å². The summed E-state index contributed by atoms with van der Waals surface area (Å²) in [5.74, 6) is -1.01. The number of carbonyl (C=O) groups excluding carboxylic acids is 1. The highest BCUT2D eigenvalue weighted by Crippen LogP contribution is 2.24. The monoisotopic (exact) mass is 322 g/mol. The van der Waals surface area contributed by atoms with Crippen molar-refractivity contribution in [3.05, 3.63) is 47.1 Å². The molecule has 1 aliphatic heterocycles. The summed E-state index contributed by atoms with van der Waals surface area (Å²) < 4.78 is 32.3. The van der Waals surface area contributed by atoms with Gasteiger partial charge in [0.05, 0.1) is 5.56 Å². The van der Waals surface area contributed by atoms with Crippen LogP contribution in [0.25, 0.3) is 0 Å². The number of amides is 1. The third kappa shape index (κ3) is 3.07. The van der Waals surface area contributed by atoms with Crippen molar-refractivity contribution in [3.8, 4) is 0 Å². The Hall–Kier alpha value is -2.35. The van der Waals surface area contributed by atoms with Gasteiger partial charge >= 0.3 is 0 Å². The largest absolute Gasteiger partial charge is 0.338 e. The molecule has 122 valence electrons. The fourth-order valence-corrected chi connectivity index (χ4v) is 2.60. The topological polar surface area (TPSA) is 62.5 Å². The molecule has 0 spiro atoms. The number of nitrogens with zero attached hydrogens (tertiary/aromatic N) is 4. The van der Waals surface area contributed by atoms with Gasteiger partial charge in [0, 0.05) is 19.6 Å². The Morgan fingerprint density at radius 1 is 1.35 bits per heavy atom. The molecule has 0 saturated carbocycles. The molecule has 1 amide bonds. The van der Waals surface area contributed by atoms with E-state index >= 15 is 0 Å². The van der Waals surface area contributed by atoms with E-state index in [1.54, 1.807) is 6.92 Å². The Labute approximate surface area is 131 Å². The molecule has 1 saturated heterocycles. The molecule has 1 aromatic heterocycles. The van der Waals surface area contributed by atoms with Crippen molar-refractivity contribution in [2.45, 2.75) is 13.0 Å². The smallest absolute Gasteiger partial charge is 0.257 e. The molecule has 6 nitrogen and oxygen atoms in total. The lowest BCUT2D eigenvalue weighted by Gasteiger charge is -2.37. The summed E-state index contributed by atoms with van der Waals surface area (Å²) in [5.41, 5.74) is -0.269. The van der Waals surface area contributed by atoms with Crippen LogP contribution >= 0.6 is 0 Å². The first-order chi connectivity index (χ1) is 11.0. The summed E-state index contributed by atoms with van der Waals surface area (Å²) in [5, 5.41) is 3.75. The molecular weight excluding hydrogens is 306 g/mol. The summed E-state index contributed by atoms with van der Waals surface area (Å²) in [6.07, 6.45) is 0. The van der Waals surface area contributed by atoms with E-state index in [9.17, 15) is 13.6 Å². The molecular formula is C15H16F2N4O2. The first kappa shape index (κ1) is 15.5. The van der Waals surface area contributed by atoms with Crippen molar-refractivity contribution in [1.82, 2.24) is 19.9 Å². The number of likely N-dealkylation sites (N-methyl/N-ethyl adjacent to an activating group) is 1. The molecule has 1 aliphatic rings. The number of hydrogen-bond acceptors (Lipinski definition) is 5. The quantitative estimate of drug-likeness (QED) is 0.843. The summed E-state index contributed by atoms with van der Waals surface area (Å²) in [6, 6.07) is 2.59. The van der Waals surface area contributed by atoms with Crippen LogP contribution in [0.15, 0.2) is 22.7 Å². The van der Waals surface area contributed by atoms with Crippen LogP contribution < -0.4 is 0 Å². The van der Waals surface area contributed by atoms with Crippen LogP contribution in [0.1, 0.15) is 28.1 Å². The van der Waals surface area contributed by atoms with E-state index < -0.39 is 17.5 Å². The number of piperazine rings is 1. The summed E-state index contributed by atoms with van der Waals surface area (Å²) >= 11 is 0. The van der Waals surface area contributed by atoms with Gasteiger partial charge in [0.2, 0.25) is 5.89 Å². The number of hydrogen-bond donors (Lipinski definition) is 0. The fraction of sp³-hybridized carbons (Fsp3) is 0.400. The Kier molecular flexibility index (Phi) is 4.08. The fourth-order valence-electron chi connectivity index (χ4n) is 2.60. The maximum absolute atomic E-state index is 13.8. The van der Waals surface area contributed by atoms with Crippen molar-refractivity contribution in [3.63, 3.8) is 0 Å². The van der Waals surface area contributed by atoms with Crippen molar-refractivity contribution < 1.29 is 18.1 Å². The molecule has 0 N–H and O–H groups in total. The number of rotatable bonds is 2. The van der Waals surface area contributed by atoms with Gasteiger partial charge < -0.3 is 9.42 Å². The van der Waals surface area contributed by atoms with Crippen LogP contribution in [0.3, 0.4) is 0 Å². The zero-order valence-electron chi connectivity index (χ0n) is 12.8. The van der Waals surface area contributed by atoms with Gasteiger partial charge in [-0.15, -0.1) is 0 Å². The second-order valence-electron chi connectivity index (χ2n) is 5.55. The van der Waals surface area contributed by atoms with Crippen LogP contribution in [0.5, 0.6) is 0 Å². The molecule has 3 rings (SSSR count). The average molecular weight is 322 g/mol. The Morgan fingerprint density at radius 2 is 2.13 bits per heavy atom. The first-order valence-corrected chi connectivity index (χ1v) is 7.20. The normalized spacial score (nSPS) is 19.1. The van der Waals surface area contributed by atoms with Gasteiger partial charge in [-0.3, -0.25) is 9.69 Å². The average Bonchev–Trinajstić information content (AvgIpc) is 2.96. The van der Waals surface area contributed by atoms with Crippen LogP contribution in [0.4, 0.5) is 8.78 Å². The molecule has 2 heterocycles. The number of aromatic nitrogens is 2. The molecule has 23 heavy (non-hydrogen) atoms. The molecule has 0 unspecified atom stereocenters. The second kappa shape index (κ2) is 6.04. The minimum Gasteiger partial charge on any atom is -0.338 e. The standard InChI is InChI=1S/C15H16F2N4O2/c1-9-18-14(23-19-9)13-8-21(6-5-20(13)2)15(22)11-7-10(16)3-4-12(11)17/h3-4,7,13H,5-6,8H2,1-2H3/t13-/m0/s1. The highest BCUT2D eigenvalue weighted by molar-refractivity contribution is 5.94. The SMILES string of the molecule is Cc1noc([C@@H]2CN(C(=O)c3cc(F)ccc3F)CCN2C)n1. The summed E-state index contributed by atoms with van der Waals surface area (Å²) in [6.45, 7) is 2.96. The molecule has 2 aromatic rings. The third-order valence-electron chi connectivity index (χ3n) is 3.92. The Morgan fingerprint density at radius 3 is 2.83 bits per heavy atom. The van der Waals surface area contributed by atoms with Crippen molar-refractivity contribution in [2.75, 3.05) is 26.7 Å². The predicted octanol–water partition coefficient (Wildman–Crippen LogP) is 1.79. The lowest BCUT2D eigenvalue weighted by molar-refractivity contribution is 0.0484. The summed E-state index contributed by atoms with van der Waals surface area (Å²) in [7, 11) is 1.88. The predicted molar refractivity (Wildman–Crippen MR) is 76.7 cm³/mol. The van der Waals surface area contributed by atoms with Crippen LogP contribution in [0, 0.1) is 18.6 Å². The van der Waals surface area contributed by atoms with E-state index in [-0.39, 0.29) is 18.2 Å². The Bertz CT molecular complexity index is 734. The van der Waals surface area contributed by atoms with E-state index in [0.717, 1.165) is 18.2 Å². The third-order valence-corrected chi connectivity index (χ3v) is 3.92. The van der Waals surface area contributed by atoms with E-state index in [1.165, 1.54) is 4.90 Å². The molecule has 0 bridgehead atoms. The zero-order valence-corrected chi connectivity index (χ0v) is 12.8. The first-order valence-electron chi connectivity index (χ1n) is 7.20. The minimum absolute atomic E-state index is 0.269. The number of benzene rings is 1. The van der Waals surface area contributed by atoms with Crippen molar-refractivity contribution in [1.29, 1.82) is 0 Å². The maximum atomic E-state index is 13.8. The summed E-state index contributed by atoms with van der Waals surface area (Å²) in [4.78, 5) is 20.1. The van der Waals surface area contributed by atoms with Gasteiger partial charge in [0.1, 0.15) is 17.7 Å². The van der Waals surface area contributed by atoms with Crippen molar-refractivity contribution >= 4 is 5.91 Å². The number of aryl methyl sites for hydroxylation is 1. The van der Waals surface area contributed by atoms with Gasteiger partial charge in [0.15, 0.2) is 5.82 Å². The van der Waals surface area contributed by atoms with E-state index in [2.05, 4.69) is 10.1 Å². The van der Waals surface area contributed by atoms with Gasteiger partial charge in [-0.05, 0) is 32.2 Å². The lowest BCUT2D eigenvalue weighted by Crippen LogP contribution is -2.49. The molecule has 1 fully saturated rings. The van der Waals surface area contributed by atoms with E-state index in [1.807, 2.05) is 11.9 Å². The van der Waals surface area contributed by atoms with Gasteiger partial charge in [0.25, 0.3) is 5.91 Å². The van der Waals surface area contributed by atoms with Gasteiger partial charge in [-0.1, -0.05) is 5.16 Å². The Balaban J connectivity index is 1.83. The van der Waals surface area contributed by atoms with E-state index in [4.69, 9.17) is 4.52 Å². The minimum atomic E-state index is -0.736. The molecule has 1 atom stereocenters. The van der Waals surface area contributed by atoms with Crippen molar-refractivity contribution in [2.24, 2.45) is 0 Å². The van der Waals surface area contributed by atoms with Crippen LogP contribution in [-0.2, 0) is 0 Å². The lowest BCUT2D eigenvalue weighted by atomic mass is 10.1. The molecule has 0 aliphatic carbocycles. The van der Waals surface area contributed by atoms with Gasteiger partial charge in [-0.2, -0.15) is 4.98 Å². The highest BCUT2D eigenvalue weighted by Gasteiger charge is 2.33.